The number of H-pyrrole nitrogens is 1. The van der Waals surface area contributed by atoms with Crippen LogP contribution in [0, 0.1) is 6.92 Å². The lowest BCUT2D eigenvalue weighted by atomic mass is 10.1. The molecular formula is C10H11NO2. The predicted octanol–water partition coefficient (Wildman–Crippen LogP) is 1.67. The van der Waals surface area contributed by atoms with Crippen LogP contribution in [0.4, 0.5) is 0 Å². The molecule has 0 unspecified atom stereocenters. The van der Waals surface area contributed by atoms with Crippen molar-refractivity contribution in [3.63, 3.8) is 0 Å². The third-order valence-electron chi connectivity index (χ3n) is 2.33. The maximum atomic E-state index is 9.49. The summed E-state index contributed by atoms with van der Waals surface area (Å²) in [6.07, 6.45) is 0. The van der Waals surface area contributed by atoms with Crippen molar-refractivity contribution in [1.82, 2.24) is 4.98 Å². The molecule has 0 spiro atoms. The highest BCUT2D eigenvalue weighted by Gasteiger charge is 2.08. The van der Waals surface area contributed by atoms with E-state index in [0.717, 1.165) is 16.6 Å². The lowest BCUT2D eigenvalue weighted by Gasteiger charge is -1.93. The Morgan fingerprint density at radius 2 is 2.15 bits per heavy atom. The topological polar surface area (TPSA) is 56.2 Å². The Kier molecular flexibility index (Phi) is 1.74. The van der Waals surface area contributed by atoms with Gasteiger partial charge in [-0.05, 0) is 18.6 Å². The standard InChI is InChI=1S/C10H11NO2/c1-6-7-3-2-4-9(13)10(7)11-8(6)5-12/h2-4,11-13H,5H2,1H3. The van der Waals surface area contributed by atoms with Gasteiger partial charge in [0, 0.05) is 11.1 Å². The van der Waals surface area contributed by atoms with Gasteiger partial charge in [0.25, 0.3) is 0 Å². The zero-order chi connectivity index (χ0) is 9.42. The molecule has 1 aromatic carbocycles. The summed E-state index contributed by atoms with van der Waals surface area (Å²) >= 11 is 0. The quantitative estimate of drug-likeness (QED) is 0.620. The molecule has 0 aliphatic heterocycles. The number of fused-ring (bicyclic) bond motifs is 1. The highest BCUT2D eigenvalue weighted by Crippen LogP contribution is 2.28. The molecule has 0 saturated heterocycles. The van der Waals surface area contributed by atoms with Gasteiger partial charge in [0.05, 0.1) is 12.1 Å². The number of phenols is 1. The normalized spacial score (nSPS) is 10.9. The van der Waals surface area contributed by atoms with Gasteiger partial charge >= 0.3 is 0 Å². The number of aromatic hydroxyl groups is 1. The minimum Gasteiger partial charge on any atom is -0.506 e. The molecule has 1 aromatic heterocycles. The highest BCUT2D eigenvalue weighted by molar-refractivity contribution is 5.88. The Labute approximate surface area is 75.6 Å². The predicted molar refractivity (Wildman–Crippen MR) is 50.6 cm³/mol. The first-order valence-electron chi connectivity index (χ1n) is 4.14. The molecule has 68 valence electrons. The molecule has 1 heterocycles. The molecule has 0 radical (unpaired) electrons. The number of nitrogens with one attached hydrogen (secondary N) is 1. The Morgan fingerprint density at radius 3 is 2.77 bits per heavy atom. The van der Waals surface area contributed by atoms with Crippen molar-refractivity contribution in [2.24, 2.45) is 0 Å². The molecule has 0 saturated carbocycles. The molecule has 3 heteroatoms. The van der Waals surface area contributed by atoms with E-state index < -0.39 is 0 Å². The minimum atomic E-state index is -0.0278. The van der Waals surface area contributed by atoms with Crippen LogP contribution in [-0.2, 0) is 6.61 Å². The summed E-state index contributed by atoms with van der Waals surface area (Å²) in [6, 6.07) is 5.33. The van der Waals surface area contributed by atoms with E-state index >= 15 is 0 Å². The van der Waals surface area contributed by atoms with Crippen molar-refractivity contribution < 1.29 is 10.2 Å². The van der Waals surface area contributed by atoms with Gasteiger partial charge in [0.1, 0.15) is 5.75 Å². The first kappa shape index (κ1) is 8.13. The van der Waals surface area contributed by atoms with Crippen molar-refractivity contribution >= 4 is 10.9 Å². The number of hydrogen-bond donors (Lipinski definition) is 3. The second-order valence-corrected chi connectivity index (χ2v) is 3.09. The first-order valence-corrected chi connectivity index (χ1v) is 4.14. The fraction of sp³-hybridized carbons (Fsp3) is 0.200. The number of benzene rings is 1. The summed E-state index contributed by atoms with van der Waals surface area (Å²) in [6.45, 7) is 1.89. The van der Waals surface area contributed by atoms with E-state index in [0.29, 0.717) is 5.52 Å². The molecule has 0 atom stereocenters. The number of aliphatic hydroxyl groups is 1. The maximum absolute atomic E-state index is 9.49. The van der Waals surface area contributed by atoms with Gasteiger partial charge in [-0.25, -0.2) is 0 Å². The fourth-order valence-electron chi connectivity index (χ4n) is 1.55. The van der Waals surface area contributed by atoms with Crippen molar-refractivity contribution in [2.45, 2.75) is 13.5 Å². The van der Waals surface area contributed by atoms with Crippen LogP contribution < -0.4 is 0 Å². The number of rotatable bonds is 1. The molecular weight excluding hydrogens is 166 g/mol. The van der Waals surface area contributed by atoms with E-state index in [-0.39, 0.29) is 12.4 Å². The number of aliphatic hydroxyl groups excluding tert-OH is 1. The average molecular weight is 177 g/mol. The lowest BCUT2D eigenvalue weighted by molar-refractivity contribution is 0.277. The molecule has 0 fully saturated rings. The van der Waals surface area contributed by atoms with Crippen molar-refractivity contribution in [3.05, 3.63) is 29.5 Å². The smallest absolute Gasteiger partial charge is 0.139 e. The van der Waals surface area contributed by atoms with Crippen molar-refractivity contribution in [3.8, 4) is 5.75 Å². The number of hydrogen-bond acceptors (Lipinski definition) is 2. The number of aryl methyl sites for hydroxylation is 1. The molecule has 2 rings (SSSR count). The van der Waals surface area contributed by atoms with E-state index in [1.165, 1.54) is 0 Å². The Morgan fingerprint density at radius 1 is 1.38 bits per heavy atom. The van der Waals surface area contributed by atoms with Crippen LogP contribution in [0.2, 0.25) is 0 Å². The van der Waals surface area contributed by atoms with Crippen LogP contribution in [0.1, 0.15) is 11.3 Å². The molecule has 3 N–H and O–H groups in total. The second kappa shape index (κ2) is 2.78. The van der Waals surface area contributed by atoms with Gasteiger partial charge in [0.2, 0.25) is 0 Å². The molecule has 3 nitrogen and oxygen atoms in total. The van der Waals surface area contributed by atoms with Crippen LogP contribution in [-0.4, -0.2) is 15.2 Å². The van der Waals surface area contributed by atoms with Crippen molar-refractivity contribution in [2.75, 3.05) is 0 Å². The Balaban J connectivity index is 2.83. The molecule has 2 aromatic rings. The third-order valence-corrected chi connectivity index (χ3v) is 2.33. The number of para-hydroxylation sites is 1. The Bertz CT molecular complexity index is 445. The van der Waals surface area contributed by atoms with Crippen LogP contribution in [0.15, 0.2) is 18.2 Å². The zero-order valence-corrected chi connectivity index (χ0v) is 7.33. The first-order chi connectivity index (χ1) is 6.24. The third kappa shape index (κ3) is 1.09. The SMILES string of the molecule is Cc1c(CO)[nH]c2c(O)cccc12. The molecule has 13 heavy (non-hydrogen) atoms. The highest BCUT2D eigenvalue weighted by atomic mass is 16.3. The summed E-state index contributed by atoms with van der Waals surface area (Å²) in [5, 5.41) is 19.5. The largest absolute Gasteiger partial charge is 0.506 e. The zero-order valence-electron chi connectivity index (χ0n) is 7.33. The summed E-state index contributed by atoms with van der Waals surface area (Å²) in [5.74, 6) is 0.223. The van der Waals surface area contributed by atoms with Crippen LogP contribution >= 0.6 is 0 Å². The lowest BCUT2D eigenvalue weighted by Crippen LogP contribution is -1.84. The van der Waals surface area contributed by atoms with Gasteiger partial charge < -0.3 is 15.2 Å². The van der Waals surface area contributed by atoms with E-state index in [1.807, 2.05) is 13.0 Å². The van der Waals surface area contributed by atoms with Gasteiger partial charge in [-0.15, -0.1) is 0 Å². The van der Waals surface area contributed by atoms with E-state index in [9.17, 15) is 5.11 Å². The van der Waals surface area contributed by atoms with Gasteiger partial charge in [-0.2, -0.15) is 0 Å². The monoisotopic (exact) mass is 177 g/mol. The van der Waals surface area contributed by atoms with Gasteiger partial charge in [-0.1, -0.05) is 12.1 Å². The van der Waals surface area contributed by atoms with Crippen LogP contribution in [0.5, 0.6) is 5.75 Å². The number of phenolic OH excluding ortho intramolecular Hbond substituents is 1. The summed E-state index contributed by atoms with van der Waals surface area (Å²) in [5.41, 5.74) is 2.45. The fourth-order valence-corrected chi connectivity index (χ4v) is 1.55. The number of aromatic nitrogens is 1. The minimum absolute atomic E-state index is 0.0278. The molecule has 0 aliphatic rings. The molecule has 0 bridgehead atoms. The van der Waals surface area contributed by atoms with Crippen LogP contribution in [0.25, 0.3) is 10.9 Å². The summed E-state index contributed by atoms with van der Waals surface area (Å²) in [4.78, 5) is 2.98. The maximum Gasteiger partial charge on any atom is 0.139 e. The summed E-state index contributed by atoms with van der Waals surface area (Å²) < 4.78 is 0. The molecule has 0 amide bonds. The van der Waals surface area contributed by atoms with Crippen molar-refractivity contribution in [1.29, 1.82) is 0 Å². The van der Waals surface area contributed by atoms with E-state index in [2.05, 4.69) is 4.98 Å². The Hall–Kier alpha value is -1.48. The van der Waals surface area contributed by atoms with Crippen LogP contribution in [0.3, 0.4) is 0 Å². The average Bonchev–Trinajstić information content (AvgIpc) is 2.45. The molecule has 0 aliphatic carbocycles. The number of aromatic amines is 1. The second-order valence-electron chi connectivity index (χ2n) is 3.09. The summed E-state index contributed by atoms with van der Waals surface area (Å²) in [7, 11) is 0. The van der Waals surface area contributed by atoms with Gasteiger partial charge in [0.15, 0.2) is 0 Å². The van der Waals surface area contributed by atoms with Gasteiger partial charge in [-0.3, -0.25) is 0 Å². The van der Waals surface area contributed by atoms with E-state index in [4.69, 9.17) is 5.11 Å². The van der Waals surface area contributed by atoms with E-state index in [1.54, 1.807) is 12.1 Å².